The van der Waals surface area contributed by atoms with Gasteiger partial charge < -0.3 is 5.11 Å². The maximum atomic E-state index is 8.78. The normalized spacial score (nSPS) is 20.5. The van der Waals surface area contributed by atoms with Gasteiger partial charge in [-0.2, -0.15) is 0 Å². The summed E-state index contributed by atoms with van der Waals surface area (Å²) in [6.45, 7) is 1.17. The number of likely N-dealkylation sites (N-methyl/N-ethyl adjacent to an activating group) is 1. The van der Waals surface area contributed by atoms with E-state index >= 15 is 0 Å². The molecular weight excluding hydrogens is 108 g/mol. The highest BCUT2D eigenvalue weighted by molar-refractivity contribution is 5.65. The molecule has 0 spiro atoms. The van der Waals surface area contributed by atoms with Gasteiger partial charge in [-0.15, -0.1) is 0 Å². The van der Waals surface area contributed by atoms with E-state index in [2.05, 4.69) is 0 Å². The first-order valence-electron chi connectivity index (χ1n) is 2.45. The van der Waals surface area contributed by atoms with Crippen molar-refractivity contribution in [2.45, 2.75) is 0 Å². The number of amidine groups is 1. The highest BCUT2D eigenvalue weighted by Crippen LogP contribution is 1.91. The largest absolute Gasteiger partial charge is 0.474 e. The Bertz CT molecular complexity index is 132. The first kappa shape index (κ1) is 5.37. The Morgan fingerprint density at radius 3 is 2.50 bits per heavy atom. The van der Waals surface area contributed by atoms with Gasteiger partial charge in [-0.25, -0.2) is 9.78 Å². The van der Waals surface area contributed by atoms with Crippen molar-refractivity contribution in [2.75, 3.05) is 20.1 Å². The molecule has 0 saturated carbocycles. The van der Waals surface area contributed by atoms with Crippen molar-refractivity contribution < 1.29 is 14.9 Å². The molecule has 1 aliphatic heterocycles. The predicted molar refractivity (Wildman–Crippen MR) is 27.2 cm³/mol. The van der Waals surface area contributed by atoms with Gasteiger partial charge >= 0.3 is 6.02 Å². The monoisotopic (exact) mass is 117 g/mol. The van der Waals surface area contributed by atoms with Crippen LogP contribution in [0, 0.1) is 0 Å². The second-order valence-corrected chi connectivity index (χ2v) is 1.84. The van der Waals surface area contributed by atoms with Crippen LogP contribution in [0.5, 0.6) is 0 Å². The summed E-state index contributed by atoms with van der Waals surface area (Å²) in [4.78, 5) is 0. The van der Waals surface area contributed by atoms with Crippen LogP contribution in [0.15, 0.2) is 0 Å². The van der Waals surface area contributed by atoms with Gasteiger partial charge in [0.1, 0.15) is 6.54 Å². The van der Waals surface area contributed by atoms with Crippen molar-refractivity contribution in [1.29, 1.82) is 0 Å². The lowest BCUT2D eigenvalue weighted by atomic mass is 10.7. The zero-order chi connectivity index (χ0) is 6.15. The summed E-state index contributed by atoms with van der Waals surface area (Å²) in [6, 6.07) is -0.0648. The smallest absolute Gasteiger partial charge is 0.445 e. The molecule has 0 aromatic heterocycles. The molecule has 0 fully saturated rings. The Kier molecular flexibility index (Phi) is 1.09. The third-order valence-electron chi connectivity index (χ3n) is 1.22. The van der Waals surface area contributed by atoms with Gasteiger partial charge in [0.25, 0.3) is 0 Å². The molecule has 0 saturated heterocycles. The van der Waals surface area contributed by atoms with E-state index in [-0.39, 0.29) is 6.02 Å². The van der Waals surface area contributed by atoms with Crippen molar-refractivity contribution in [3.05, 3.63) is 0 Å². The fourth-order valence-corrected chi connectivity index (χ4v) is 0.642. The van der Waals surface area contributed by atoms with Gasteiger partial charge in [0.2, 0.25) is 0 Å². The Labute approximate surface area is 47.2 Å². The highest BCUT2D eigenvalue weighted by Gasteiger charge is 2.26. The van der Waals surface area contributed by atoms with Crippen molar-refractivity contribution in [1.82, 2.24) is 5.06 Å². The molecule has 0 radical (unpaired) electrons. The van der Waals surface area contributed by atoms with E-state index in [0.717, 1.165) is 5.06 Å². The van der Waals surface area contributed by atoms with Gasteiger partial charge in [-0.1, -0.05) is 5.06 Å². The second kappa shape index (κ2) is 1.63. The molecule has 0 aromatic rings. The minimum Gasteiger partial charge on any atom is -0.445 e. The molecule has 2 N–H and O–H groups in total. The number of nitrogens with zero attached hydrogens (tertiary/aromatic N) is 2. The molecule has 1 aliphatic rings. The minimum atomic E-state index is -0.0648. The number of hydroxylamine groups is 2. The van der Waals surface area contributed by atoms with Crippen LogP contribution < -0.4 is 0 Å². The summed E-state index contributed by atoms with van der Waals surface area (Å²) in [5, 5.41) is 18.3. The molecule has 1 rings (SSSR count). The third-order valence-corrected chi connectivity index (χ3v) is 1.22. The fraction of sp³-hybridized carbons (Fsp3) is 0.750. The Hall–Kier alpha value is -0.770. The zero-order valence-electron chi connectivity index (χ0n) is 4.70. The zero-order valence-corrected chi connectivity index (χ0v) is 4.70. The fourth-order valence-electron chi connectivity index (χ4n) is 0.642. The van der Waals surface area contributed by atoms with Gasteiger partial charge in [-0.3, -0.25) is 0 Å². The molecule has 0 unspecified atom stereocenters. The number of hydrogen-bond acceptors (Lipinski definition) is 2. The van der Waals surface area contributed by atoms with E-state index in [0.29, 0.717) is 13.1 Å². The van der Waals surface area contributed by atoms with Gasteiger partial charge in [0.05, 0.1) is 7.05 Å². The number of aliphatic hydroxyl groups is 1. The minimum absolute atomic E-state index is 0.0648. The van der Waals surface area contributed by atoms with Crippen LogP contribution in [0.3, 0.4) is 0 Å². The van der Waals surface area contributed by atoms with E-state index in [1.807, 2.05) is 0 Å². The first-order valence-corrected chi connectivity index (χ1v) is 2.45. The summed E-state index contributed by atoms with van der Waals surface area (Å²) < 4.78 is 1.57. The summed E-state index contributed by atoms with van der Waals surface area (Å²) in [5.41, 5.74) is 0. The SMILES string of the molecule is C[N+]1=C(O)N(O)CC1. The average molecular weight is 117 g/mol. The quantitative estimate of drug-likeness (QED) is 0.410. The van der Waals surface area contributed by atoms with Crippen molar-refractivity contribution in [3.8, 4) is 0 Å². The number of hydrogen-bond donors (Lipinski definition) is 2. The average Bonchev–Trinajstić information content (AvgIpc) is 1.98. The molecular formula is C4H9N2O2+. The van der Waals surface area contributed by atoms with Gasteiger partial charge in [0.15, 0.2) is 6.54 Å². The lowest BCUT2D eigenvalue weighted by Crippen LogP contribution is -2.24. The molecule has 0 bridgehead atoms. The Morgan fingerprint density at radius 1 is 1.75 bits per heavy atom. The van der Waals surface area contributed by atoms with Crippen LogP contribution in [0.25, 0.3) is 0 Å². The molecule has 0 atom stereocenters. The van der Waals surface area contributed by atoms with Crippen LogP contribution in [-0.2, 0) is 0 Å². The van der Waals surface area contributed by atoms with Crippen molar-refractivity contribution >= 4 is 6.02 Å². The summed E-state index contributed by atoms with van der Waals surface area (Å²) in [6.07, 6.45) is 0. The molecule has 4 nitrogen and oxygen atoms in total. The van der Waals surface area contributed by atoms with E-state index in [1.165, 1.54) is 0 Å². The molecule has 8 heavy (non-hydrogen) atoms. The van der Waals surface area contributed by atoms with Crippen LogP contribution in [0.2, 0.25) is 0 Å². The molecule has 1 heterocycles. The van der Waals surface area contributed by atoms with Crippen LogP contribution in [-0.4, -0.2) is 46.1 Å². The summed E-state index contributed by atoms with van der Waals surface area (Å²) in [5.74, 6) is 0. The van der Waals surface area contributed by atoms with Crippen molar-refractivity contribution in [2.24, 2.45) is 0 Å². The highest BCUT2D eigenvalue weighted by atomic mass is 16.5. The van der Waals surface area contributed by atoms with E-state index in [9.17, 15) is 0 Å². The predicted octanol–water partition coefficient (Wildman–Crippen LogP) is -0.752. The lowest BCUT2D eigenvalue weighted by molar-refractivity contribution is -0.494. The van der Waals surface area contributed by atoms with Crippen LogP contribution in [0.4, 0.5) is 0 Å². The summed E-state index contributed by atoms with van der Waals surface area (Å²) >= 11 is 0. The maximum absolute atomic E-state index is 8.78. The molecule has 0 aromatic carbocycles. The van der Waals surface area contributed by atoms with Gasteiger partial charge in [0, 0.05) is 0 Å². The van der Waals surface area contributed by atoms with Gasteiger partial charge in [-0.05, 0) is 0 Å². The standard InChI is InChI=1S/C4H8N2O2/c1-5-2-3-6(8)4(5)7/h8H,2-3H2,1H3/p+1. The first-order chi connectivity index (χ1) is 3.72. The topological polar surface area (TPSA) is 46.7 Å². The van der Waals surface area contributed by atoms with E-state index in [4.69, 9.17) is 10.3 Å². The van der Waals surface area contributed by atoms with Crippen LogP contribution in [0.1, 0.15) is 0 Å². The number of aliphatic hydroxyl groups excluding tert-OH is 1. The third kappa shape index (κ3) is 0.626. The molecule has 0 amide bonds. The Balaban J connectivity index is 2.71. The lowest BCUT2D eigenvalue weighted by Gasteiger charge is -1.92. The molecule has 0 aliphatic carbocycles. The van der Waals surface area contributed by atoms with E-state index < -0.39 is 0 Å². The summed E-state index contributed by atoms with van der Waals surface area (Å²) in [7, 11) is 1.71. The Morgan fingerprint density at radius 2 is 2.38 bits per heavy atom. The van der Waals surface area contributed by atoms with Crippen molar-refractivity contribution in [3.63, 3.8) is 0 Å². The molecule has 4 heteroatoms. The van der Waals surface area contributed by atoms with E-state index in [1.54, 1.807) is 11.6 Å². The maximum Gasteiger partial charge on any atom is 0.474 e. The second-order valence-electron chi connectivity index (χ2n) is 1.84. The molecule has 46 valence electrons. The number of rotatable bonds is 0. The van der Waals surface area contributed by atoms with Crippen LogP contribution >= 0.6 is 0 Å².